The molecule has 100 valence electrons. The summed E-state index contributed by atoms with van der Waals surface area (Å²) in [6.07, 6.45) is 1.58. The molecule has 0 radical (unpaired) electrons. The Kier molecular flexibility index (Phi) is 3.24. The van der Waals surface area contributed by atoms with Gasteiger partial charge in [-0.1, -0.05) is 23.7 Å². The molecule has 0 aliphatic rings. The number of hydrogen-bond donors (Lipinski definition) is 0. The van der Waals surface area contributed by atoms with Gasteiger partial charge in [0.05, 0.1) is 5.39 Å². The van der Waals surface area contributed by atoms with Crippen LogP contribution in [0.15, 0.2) is 48.7 Å². The lowest BCUT2D eigenvalue weighted by Crippen LogP contribution is -1.91. The van der Waals surface area contributed by atoms with Crippen molar-refractivity contribution in [2.24, 2.45) is 0 Å². The predicted molar refractivity (Wildman–Crippen MR) is 73.2 cm³/mol. The van der Waals surface area contributed by atoms with Gasteiger partial charge in [0.25, 0.3) is 0 Å². The first-order valence-corrected chi connectivity index (χ1v) is 6.19. The van der Waals surface area contributed by atoms with Crippen molar-refractivity contribution >= 4 is 22.4 Å². The van der Waals surface area contributed by atoms with Crippen LogP contribution in [-0.4, -0.2) is 4.98 Å². The Labute approximate surface area is 118 Å². The SMILES string of the molecule is Fc1ccc(Oc2cccc3ccnc(Cl)c23)c(F)c1. The predicted octanol–water partition coefficient (Wildman–Crippen LogP) is 4.96. The standard InChI is InChI=1S/C15H8ClF2NO/c16-15-14-9(6-7-19-15)2-1-3-13(14)20-12-5-4-10(17)8-11(12)18/h1-8H. The van der Waals surface area contributed by atoms with E-state index in [4.69, 9.17) is 16.3 Å². The molecule has 0 fully saturated rings. The van der Waals surface area contributed by atoms with Crippen LogP contribution < -0.4 is 4.74 Å². The Morgan fingerprint density at radius 1 is 1.00 bits per heavy atom. The fourth-order valence-corrected chi connectivity index (χ4v) is 2.18. The Bertz CT molecular complexity index is 787. The zero-order valence-electron chi connectivity index (χ0n) is 10.1. The van der Waals surface area contributed by atoms with E-state index in [1.165, 1.54) is 6.07 Å². The summed E-state index contributed by atoms with van der Waals surface area (Å²) in [5, 5.41) is 1.67. The van der Waals surface area contributed by atoms with Crippen LogP contribution in [0, 0.1) is 11.6 Å². The van der Waals surface area contributed by atoms with Crippen LogP contribution in [0.5, 0.6) is 11.5 Å². The van der Waals surface area contributed by atoms with Gasteiger partial charge in [0, 0.05) is 12.3 Å². The number of ether oxygens (including phenoxy) is 1. The maximum atomic E-state index is 13.6. The minimum absolute atomic E-state index is 0.0705. The first-order chi connectivity index (χ1) is 9.65. The monoisotopic (exact) mass is 291 g/mol. The second-order valence-corrected chi connectivity index (χ2v) is 4.49. The molecule has 1 aromatic heterocycles. The van der Waals surface area contributed by atoms with Crippen molar-refractivity contribution in [3.8, 4) is 11.5 Å². The first-order valence-electron chi connectivity index (χ1n) is 5.81. The lowest BCUT2D eigenvalue weighted by atomic mass is 10.1. The molecule has 20 heavy (non-hydrogen) atoms. The van der Waals surface area contributed by atoms with Gasteiger partial charge in [-0.3, -0.25) is 0 Å². The second-order valence-electron chi connectivity index (χ2n) is 4.13. The second kappa shape index (κ2) is 5.06. The molecule has 3 aromatic rings. The van der Waals surface area contributed by atoms with E-state index < -0.39 is 11.6 Å². The van der Waals surface area contributed by atoms with Crippen molar-refractivity contribution in [3.63, 3.8) is 0 Å². The van der Waals surface area contributed by atoms with E-state index in [1.54, 1.807) is 24.4 Å². The number of pyridine rings is 1. The highest BCUT2D eigenvalue weighted by atomic mass is 35.5. The molecule has 5 heteroatoms. The third kappa shape index (κ3) is 2.30. The molecule has 0 saturated carbocycles. The number of fused-ring (bicyclic) bond motifs is 1. The van der Waals surface area contributed by atoms with Crippen molar-refractivity contribution in [1.82, 2.24) is 4.98 Å². The summed E-state index contributed by atoms with van der Waals surface area (Å²) in [5.41, 5.74) is 0. The fraction of sp³-hybridized carbons (Fsp3) is 0. The van der Waals surface area contributed by atoms with E-state index in [9.17, 15) is 8.78 Å². The number of hydrogen-bond acceptors (Lipinski definition) is 2. The molecule has 0 bridgehead atoms. The van der Waals surface area contributed by atoms with Crippen molar-refractivity contribution in [2.75, 3.05) is 0 Å². The maximum Gasteiger partial charge on any atom is 0.168 e. The van der Waals surface area contributed by atoms with E-state index in [1.807, 2.05) is 6.07 Å². The lowest BCUT2D eigenvalue weighted by Gasteiger charge is -2.10. The average Bonchev–Trinajstić information content (AvgIpc) is 2.42. The minimum Gasteiger partial charge on any atom is -0.454 e. The van der Waals surface area contributed by atoms with Crippen molar-refractivity contribution in [3.05, 3.63) is 65.4 Å². The van der Waals surface area contributed by atoms with Gasteiger partial charge in [-0.15, -0.1) is 0 Å². The van der Waals surface area contributed by atoms with Gasteiger partial charge in [-0.05, 0) is 29.7 Å². The van der Waals surface area contributed by atoms with E-state index in [0.717, 1.165) is 17.5 Å². The first kappa shape index (κ1) is 12.8. The molecule has 0 saturated heterocycles. The van der Waals surface area contributed by atoms with E-state index in [-0.39, 0.29) is 10.9 Å². The third-order valence-corrected chi connectivity index (χ3v) is 3.11. The van der Waals surface area contributed by atoms with Crippen LogP contribution in [-0.2, 0) is 0 Å². The van der Waals surface area contributed by atoms with Gasteiger partial charge in [-0.25, -0.2) is 13.8 Å². The molecule has 0 aliphatic carbocycles. The van der Waals surface area contributed by atoms with Crippen molar-refractivity contribution in [2.45, 2.75) is 0 Å². The Hall–Kier alpha value is -2.20. The van der Waals surface area contributed by atoms with Gasteiger partial charge in [0.2, 0.25) is 0 Å². The molecule has 0 N–H and O–H groups in total. The normalized spacial score (nSPS) is 10.8. The van der Waals surface area contributed by atoms with E-state index >= 15 is 0 Å². The highest BCUT2D eigenvalue weighted by Gasteiger charge is 2.11. The molecule has 0 amide bonds. The van der Waals surface area contributed by atoms with Crippen LogP contribution >= 0.6 is 11.6 Å². The molecule has 0 spiro atoms. The highest BCUT2D eigenvalue weighted by molar-refractivity contribution is 6.34. The molecular weight excluding hydrogens is 284 g/mol. The average molecular weight is 292 g/mol. The molecule has 2 nitrogen and oxygen atoms in total. The van der Waals surface area contributed by atoms with Gasteiger partial charge < -0.3 is 4.74 Å². The Morgan fingerprint density at radius 2 is 1.85 bits per heavy atom. The zero-order chi connectivity index (χ0) is 14.1. The molecule has 3 rings (SSSR count). The topological polar surface area (TPSA) is 22.1 Å². The smallest absolute Gasteiger partial charge is 0.168 e. The zero-order valence-corrected chi connectivity index (χ0v) is 10.9. The van der Waals surface area contributed by atoms with Gasteiger partial charge in [0.1, 0.15) is 16.7 Å². The summed E-state index contributed by atoms with van der Waals surface area (Å²) >= 11 is 6.05. The number of benzene rings is 2. The van der Waals surface area contributed by atoms with Crippen LogP contribution in [0.1, 0.15) is 0 Å². The summed E-state index contributed by atoms with van der Waals surface area (Å²) in [6.45, 7) is 0. The lowest BCUT2D eigenvalue weighted by molar-refractivity contribution is 0.441. The minimum atomic E-state index is -0.776. The van der Waals surface area contributed by atoms with Gasteiger partial charge in [0.15, 0.2) is 11.6 Å². The maximum absolute atomic E-state index is 13.6. The summed E-state index contributed by atoms with van der Waals surface area (Å²) in [7, 11) is 0. The third-order valence-electron chi connectivity index (χ3n) is 2.82. The summed E-state index contributed by atoms with van der Waals surface area (Å²) < 4.78 is 32.0. The van der Waals surface area contributed by atoms with E-state index in [2.05, 4.69) is 4.98 Å². The largest absolute Gasteiger partial charge is 0.454 e. The number of rotatable bonds is 2. The summed E-state index contributed by atoms with van der Waals surface area (Å²) in [5.74, 6) is -1.14. The van der Waals surface area contributed by atoms with Gasteiger partial charge >= 0.3 is 0 Å². The molecule has 2 aromatic carbocycles. The quantitative estimate of drug-likeness (QED) is 0.623. The molecule has 0 unspecified atom stereocenters. The van der Waals surface area contributed by atoms with Crippen LogP contribution in [0.2, 0.25) is 5.15 Å². The molecule has 0 atom stereocenters. The van der Waals surface area contributed by atoms with Crippen molar-refractivity contribution < 1.29 is 13.5 Å². The van der Waals surface area contributed by atoms with Crippen molar-refractivity contribution in [1.29, 1.82) is 0 Å². The summed E-state index contributed by atoms with van der Waals surface area (Å²) in [4.78, 5) is 3.98. The number of halogens is 3. The Morgan fingerprint density at radius 3 is 2.65 bits per heavy atom. The van der Waals surface area contributed by atoms with Gasteiger partial charge in [-0.2, -0.15) is 0 Å². The molecule has 1 heterocycles. The molecular formula is C15H8ClF2NO. The van der Waals surface area contributed by atoms with Crippen LogP contribution in [0.3, 0.4) is 0 Å². The summed E-state index contributed by atoms with van der Waals surface area (Å²) in [6, 6.07) is 10.2. The van der Waals surface area contributed by atoms with Crippen LogP contribution in [0.25, 0.3) is 10.8 Å². The number of aromatic nitrogens is 1. The van der Waals surface area contributed by atoms with Crippen LogP contribution in [0.4, 0.5) is 8.78 Å². The molecule has 0 aliphatic heterocycles. The fourth-order valence-electron chi connectivity index (χ4n) is 1.92. The Balaban J connectivity index is 2.11. The number of nitrogens with zero attached hydrogens (tertiary/aromatic N) is 1. The highest BCUT2D eigenvalue weighted by Crippen LogP contribution is 2.34. The van der Waals surface area contributed by atoms with E-state index in [0.29, 0.717) is 11.1 Å².